The molecule has 172 valence electrons. The van der Waals surface area contributed by atoms with E-state index in [9.17, 15) is 23.1 Å². The number of ether oxygens (including phenoxy) is 3. The van der Waals surface area contributed by atoms with Crippen LogP contribution in [-0.2, 0) is 15.7 Å². The molecule has 1 saturated heterocycles. The van der Waals surface area contributed by atoms with E-state index in [-0.39, 0.29) is 17.6 Å². The van der Waals surface area contributed by atoms with Crippen molar-refractivity contribution >= 4 is 5.97 Å². The van der Waals surface area contributed by atoms with Gasteiger partial charge in [-0.05, 0) is 68.4 Å². The molecule has 0 saturated carbocycles. The topological polar surface area (TPSA) is 77.9 Å². The van der Waals surface area contributed by atoms with Gasteiger partial charge < -0.3 is 19.3 Å². The molecule has 0 radical (unpaired) electrons. The molecule has 4 rings (SSSR count). The Labute approximate surface area is 187 Å². The molecule has 3 aromatic rings. The van der Waals surface area contributed by atoms with Gasteiger partial charge in [-0.25, -0.2) is 9.78 Å². The Hall–Kier alpha value is -3.43. The number of nitrogens with zero attached hydrogens (tertiary/aromatic N) is 1. The average Bonchev–Trinajstić information content (AvgIpc) is 3.13. The molecule has 1 unspecified atom stereocenters. The van der Waals surface area contributed by atoms with E-state index < -0.39 is 29.1 Å². The third-order valence-corrected chi connectivity index (χ3v) is 5.02. The summed E-state index contributed by atoms with van der Waals surface area (Å²) in [4.78, 5) is 16.1. The first-order valence-electron chi connectivity index (χ1n) is 10.0. The van der Waals surface area contributed by atoms with Gasteiger partial charge in [0, 0.05) is 5.56 Å². The molecule has 9 heteroatoms. The lowest BCUT2D eigenvalue weighted by molar-refractivity contribution is -0.139. The molecule has 33 heavy (non-hydrogen) atoms. The number of pyridine rings is 1. The van der Waals surface area contributed by atoms with E-state index in [1.54, 1.807) is 24.3 Å². The van der Waals surface area contributed by atoms with Gasteiger partial charge in [-0.3, -0.25) is 0 Å². The number of benzene rings is 2. The van der Waals surface area contributed by atoms with Crippen LogP contribution in [0.5, 0.6) is 11.5 Å². The lowest BCUT2D eigenvalue weighted by Gasteiger charge is -2.17. The summed E-state index contributed by atoms with van der Waals surface area (Å²) >= 11 is 0. The number of halogens is 3. The van der Waals surface area contributed by atoms with E-state index >= 15 is 0 Å². The van der Waals surface area contributed by atoms with Gasteiger partial charge in [0.25, 0.3) is 0 Å². The predicted molar refractivity (Wildman–Crippen MR) is 112 cm³/mol. The number of rotatable bonds is 5. The molecule has 2 heterocycles. The highest BCUT2D eigenvalue weighted by Crippen LogP contribution is 2.35. The number of hydrogen-bond acceptors (Lipinski definition) is 5. The number of hydrogen-bond donors (Lipinski definition) is 1. The second-order valence-corrected chi connectivity index (χ2v) is 7.91. The number of carbonyl (C=O) groups is 1. The Kier molecular flexibility index (Phi) is 5.85. The van der Waals surface area contributed by atoms with Crippen LogP contribution in [0.15, 0.2) is 60.7 Å². The first-order chi connectivity index (χ1) is 15.5. The van der Waals surface area contributed by atoms with E-state index in [2.05, 4.69) is 4.98 Å². The first-order valence-corrected chi connectivity index (χ1v) is 10.0. The third kappa shape index (κ3) is 5.15. The van der Waals surface area contributed by atoms with Gasteiger partial charge in [-0.2, -0.15) is 13.2 Å². The van der Waals surface area contributed by atoms with Crippen molar-refractivity contribution in [3.8, 4) is 22.8 Å². The first kappa shape index (κ1) is 22.8. The lowest BCUT2D eigenvalue weighted by Crippen LogP contribution is -2.19. The molecular weight excluding hydrogens is 439 g/mol. The third-order valence-electron chi connectivity index (χ3n) is 5.02. The number of carboxylic acid groups (broad SMARTS) is 1. The quantitative estimate of drug-likeness (QED) is 0.498. The van der Waals surface area contributed by atoms with E-state index in [1.165, 1.54) is 0 Å². The molecule has 2 aromatic carbocycles. The Morgan fingerprint density at radius 2 is 1.85 bits per heavy atom. The lowest BCUT2D eigenvalue weighted by atomic mass is 10.1. The van der Waals surface area contributed by atoms with Crippen molar-refractivity contribution in [3.05, 3.63) is 77.5 Å². The van der Waals surface area contributed by atoms with Gasteiger partial charge in [-0.1, -0.05) is 6.07 Å². The maximum Gasteiger partial charge on any atom is 0.416 e. The highest BCUT2D eigenvalue weighted by atomic mass is 19.4. The molecule has 1 aliphatic rings. The predicted octanol–water partition coefficient (Wildman–Crippen LogP) is 6.08. The van der Waals surface area contributed by atoms with Crippen molar-refractivity contribution in [2.45, 2.75) is 31.9 Å². The minimum Gasteiger partial charge on any atom is -0.478 e. The molecule has 1 fully saturated rings. The molecule has 1 aromatic heterocycles. The van der Waals surface area contributed by atoms with Crippen LogP contribution < -0.4 is 4.74 Å². The van der Waals surface area contributed by atoms with Crippen LogP contribution in [0.2, 0.25) is 0 Å². The van der Waals surface area contributed by atoms with Gasteiger partial charge in [-0.15, -0.1) is 0 Å². The maximum absolute atomic E-state index is 12.9. The molecule has 1 atom stereocenters. The van der Waals surface area contributed by atoms with Crippen molar-refractivity contribution < 1.29 is 37.3 Å². The normalized spacial score (nSPS) is 17.7. The smallest absolute Gasteiger partial charge is 0.416 e. The summed E-state index contributed by atoms with van der Waals surface area (Å²) in [5, 5.41) is 9.30. The zero-order chi connectivity index (χ0) is 23.8. The van der Waals surface area contributed by atoms with E-state index in [0.29, 0.717) is 18.4 Å². The van der Waals surface area contributed by atoms with E-state index in [0.717, 1.165) is 23.4 Å². The van der Waals surface area contributed by atoms with E-state index in [4.69, 9.17) is 14.2 Å². The summed E-state index contributed by atoms with van der Waals surface area (Å²) < 4.78 is 55.7. The number of alkyl halides is 3. The van der Waals surface area contributed by atoms with Crippen molar-refractivity contribution in [1.82, 2.24) is 4.98 Å². The molecule has 6 nitrogen and oxygen atoms in total. The van der Waals surface area contributed by atoms with Gasteiger partial charge in [0.1, 0.15) is 23.2 Å². The molecule has 0 spiro atoms. The monoisotopic (exact) mass is 459 g/mol. The number of aromatic nitrogens is 1. The van der Waals surface area contributed by atoms with Crippen molar-refractivity contribution in [3.63, 3.8) is 0 Å². The molecule has 0 aliphatic carbocycles. The van der Waals surface area contributed by atoms with Crippen molar-refractivity contribution in [2.75, 3.05) is 6.61 Å². The van der Waals surface area contributed by atoms with Crippen molar-refractivity contribution in [1.29, 1.82) is 0 Å². The van der Waals surface area contributed by atoms with Crippen LogP contribution in [-0.4, -0.2) is 28.5 Å². The largest absolute Gasteiger partial charge is 0.478 e. The highest BCUT2D eigenvalue weighted by molar-refractivity contribution is 5.91. The minimum absolute atomic E-state index is 0.190. The van der Waals surface area contributed by atoms with Crippen molar-refractivity contribution in [2.24, 2.45) is 0 Å². The summed E-state index contributed by atoms with van der Waals surface area (Å²) in [6.45, 7) is 4.07. The van der Waals surface area contributed by atoms with Crippen LogP contribution >= 0.6 is 0 Å². The fraction of sp³-hybridized carbons (Fsp3) is 0.250. The van der Waals surface area contributed by atoms with Gasteiger partial charge in [0.05, 0.1) is 23.6 Å². The minimum atomic E-state index is -4.66. The molecular formula is C24H20F3NO5. The average molecular weight is 459 g/mol. The molecule has 0 bridgehead atoms. The standard InChI is InChI=1S/C24H20F3NO5/c1-23(2)31-13-21(33-23)19-5-3-4-18(28-19)14-6-9-16(10-7-14)32-20-11-8-15(24(25,26)27)12-17(20)22(29)30/h3-12,21H,13H2,1-2H3,(H,29,30). The fourth-order valence-electron chi connectivity index (χ4n) is 3.41. The second kappa shape index (κ2) is 8.49. The zero-order valence-corrected chi connectivity index (χ0v) is 17.7. The van der Waals surface area contributed by atoms with Crippen LogP contribution in [0.25, 0.3) is 11.3 Å². The number of carboxylic acids is 1. The summed E-state index contributed by atoms with van der Waals surface area (Å²) in [6, 6.07) is 14.5. The molecule has 0 amide bonds. The SMILES string of the molecule is CC1(C)OCC(c2cccc(-c3ccc(Oc4ccc(C(F)(F)F)cc4C(=O)O)cc3)n2)O1. The highest BCUT2D eigenvalue weighted by Gasteiger charge is 2.34. The second-order valence-electron chi connectivity index (χ2n) is 7.91. The van der Waals surface area contributed by atoms with Crippen LogP contribution in [0, 0.1) is 0 Å². The molecule has 1 N–H and O–H groups in total. The summed E-state index contributed by atoms with van der Waals surface area (Å²) in [5.41, 5.74) is 0.550. The summed E-state index contributed by atoms with van der Waals surface area (Å²) in [7, 11) is 0. The van der Waals surface area contributed by atoms with Crippen LogP contribution in [0.3, 0.4) is 0 Å². The number of aromatic carboxylic acids is 1. The zero-order valence-electron chi connectivity index (χ0n) is 17.7. The Morgan fingerprint density at radius 1 is 1.12 bits per heavy atom. The Morgan fingerprint density at radius 3 is 2.45 bits per heavy atom. The fourth-order valence-corrected chi connectivity index (χ4v) is 3.41. The maximum atomic E-state index is 12.9. The van der Waals surface area contributed by atoms with E-state index in [1.807, 2.05) is 32.0 Å². The Balaban J connectivity index is 1.54. The van der Waals surface area contributed by atoms with Gasteiger partial charge in [0.2, 0.25) is 0 Å². The van der Waals surface area contributed by atoms with Crippen LogP contribution in [0.1, 0.15) is 41.6 Å². The Bertz CT molecular complexity index is 1180. The van der Waals surface area contributed by atoms with Gasteiger partial charge in [0.15, 0.2) is 5.79 Å². The summed E-state index contributed by atoms with van der Waals surface area (Å²) in [6.07, 6.45) is -4.94. The van der Waals surface area contributed by atoms with Gasteiger partial charge >= 0.3 is 12.1 Å². The summed E-state index contributed by atoms with van der Waals surface area (Å²) in [5.74, 6) is -2.11. The molecule has 1 aliphatic heterocycles. The van der Waals surface area contributed by atoms with Crippen LogP contribution in [0.4, 0.5) is 13.2 Å².